The van der Waals surface area contributed by atoms with Gasteiger partial charge in [0.15, 0.2) is 0 Å². The zero-order valence-electron chi connectivity index (χ0n) is 11.9. The van der Waals surface area contributed by atoms with Crippen LogP contribution < -0.4 is 10.6 Å². The molecule has 1 amide bonds. The first-order valence-electron chi connectivity index (χ1n) is 6.81. The van der Waals surface area contributed by atoms with Crippen LogP contribution in [0.2, 0.25) is 0 Å². The fourth-order valence-electron chi connectivity index (χ4n) is 2.46. The van der Waals surface area contributed by atoms with Gasteiger partial charge in [0.05, 0.1) is 10.8 Å². The number of nitro benzene ring substituents is 1. The summed E-state index contributed by atoms with van der Waals surface area (Å²) in [5.74, 6) is 0.0193. The highest BCUT2D eigenvalue weighted by molar-refractivity contribution is 5.85. The minimum atomic E-state index is -0.397. The summed E-state index contributed by atoms with van der Waals surface area (Å²) < 4.78 is 0. The number of benzene rings is 1. The fraction of sp³-hybridized carbons (Fsp3) is 0.500. The lowest BCUT2D eigenvalue weighted by atomic mass is 9.98. The molecule has 2 N–H and O–H groups in total. The molecular formula is C14H20ClN3O3. The summed E-state index contributed by atoms with van der Waals surface area (Å²) in [5.41, 5.74) is 1.49. The summed E-state index contributed by atoms with van der Waals surface area (Å²) in [4.78, 5) is 22.5. The Morgan fingerprint density at radius 2 is 2.29 bits per heavy atom. The maximum Gasteiger partial charge on any atom is 0.272 e. The number of halogens is 1. The summed E-state index contributed by atoms with van der Waals surface area (Å²) in [6, 6.07) is 4.93. The summed E-state index contributed by atoms with van der Waals surface area (Å²) in [5, 5.41) is 16.9. The molecule has 1 saturated heterocycles. The van der Waals surface area contributed by atoms with Crippen molar-refractivity contribution in [2.75, 3.05) is 13.1 Å². The van der Waals surface area contributed by atoms with Crippen LogP contribution in [0, 0.1) is 23.0 Å². The largest absolute Gasteiger partial charge is 0.352 e. The Labute approximate surface area is 129 Å². The van der Waals surface area contributed by atoms with Crippen LogP contribution in [0.5, 0.6) is 0 Å². The number of nitro groups is 1. The molecule has 0 radical (unpaired) electrons. The van der Waals surface area contributed by atoms with Gasteiger partial charge >= 0.3 is 0 Å². The monoisotopic (exact) mass is 313 g/mol. The van der Waals surface area contributed by atoms with E-state index in [1.807, 2.05) is 6.07 Å². The van der Waals surface area contributed by atoms with E-state index in [-0.39, 0.29) is 29.9 Å². The number of hydrogen-bond acceptors (Lipinski definition) is 4. The number of nitrogens with one attached hydrogen (secondary N) is 2. The second kappa shape index (κ2) is 7.95. The van der Waals surface area contributed by atoms with E-state index in [0.29, 0.717) is 18.7 Å². The Hall–Kier alpha value is -1.66. The Kier molecular flexibility index (Phi) is 6.58. The lowest BCUT2D eigenvalue weighted by molar-refractivity contribution is -0.385. The van der Waals surface area contributed by atoms with Gasteiger partial charge in [0.2, 0.25) is 5.91 Å². The predicted molar refractivity (Wildman–Crippen MR) is 82.5 cm³/mol. The molecule has 0 spiro atoms. The van der Waals surface area contributed by atoms with Crippen molar-refractivity contribution in [1.29, 1.82) is 0 Å². The number of piperidine rings is 1. The molecule has 0 bridgehead atoms. The van der Waals surface area contributed by atoms with E-state index in [9.17, 15) is 14.9 Å². The summed E-state index contributed by atoms with van der Waals surface area (Å²) in [6.45, 7) is 3.72. The predicted octanol–water partition coefficient (Wildman–Crippen LogP) is 1.94. The van der Waals surface area contributed by atoms with Gasteiger partial charge in [-0.3, -0.25) is 14.9 Å². The first-order valence-corrected chi connectivity index (χ1v) is 6.81. The van der Waals surface area contributed by atoms with Crippen LogP contribution in [0.1, 0.15) is 24.0 Å². The highest BCUT2D eigenvalue weighted by atomic mass is 35.5. The van der Waals surface area contributed by atoms with E-state index in [1.54, 1.807) is 13.0 Å². The number of hydrogen-bond donors (Lipinski definition) is 2. The van der Waals surface area contributed by atoms with Crippen molar-refractivity contribution in [3.05, 3.63) is 39.4 Å². The third kappa shape index (κ3) is 4.41. The highest BCUT2D eigenvalue weighted by Gasteiger charge is 2.21. The van der Waals surface area contributed by atoms with Gasteiger partial charge in [0.1, 0.15) is 0 Å². The minimum absolute atomic E-state index is 0. The second-order valence-electron chi connectivity index (χ2n) is 5.08. The lowest BCUT2D eigenvalue weighted by Crippen LogP contribution is -2.40. The van der Waals surface area contributed by atoms with Crippen molar-refractivity contribution in [3.8, 4) is 0 Å². The second-order valence-corrected chi connectivity index (χ2v) is 5.08. The first kappa shape index (κ1) is 17.4. The number of nitrogens with zero attached hydrogens (tertiary/aromatic N) is 1. The summed E-state index contributed by atoms with van der Waals surface area (Å²) in [7, 11) is 0. The summed E-state index contributed by atoms with van der Waals surface area (Å²) >= 11 is 0. The first-order chi connectivity index (χ1) is 9.59. The molecule has 1 fully saturated rings. The fourth-order valence-corrected chi connectivity index (χ4v) is 2.46. The van der Waals surface area contributed by atoms with Crippen molar-refractivity contribution >= 4 is 24.0 Å². The molecule has 0 saturated carbocycles. The van der Waals surface area contributed by atoms with E-state index in [0.717, 1.165) is 24.9 Å². The van der Waals surface area contributed by atoms with Crippen LogP contribution in [0.15, 0.2) is 18.2 Å². The lowest BCUT2D eigenvalue weighted by Gasteiger charge is -2.22. The Morgan fingerprint density at radius 1 is 1.52 bits per heavy atom. The van der Waals surface area contributed by atoms with Gasteiger partial charge in [-0.15, -0.1) is 12.4 Å². The molecule has 0 aromatic heterocycles. The molecular weight excluding hydrogens is 294 g/mol. The molecule has 6 nitrogen and oxygen atoms in total. The molecule has 0 aliphatic carbocycles. The van der Waals surface area contributed by atoms with Gasteiger partial charge < -0.3 is 10.6 Å². The van der Waals surface area contributed by atoms with Gasteiger partial charge in [-0.05, 0) is 31.9 Å². The van der Waals surface area contributed by atoms with Gasteiger partial charge in [0.25, 0.3) is 5.69 Å². The molecule has 116 valence electrons. The number of carbonyl (C=O) groups is 1. The smallest absolute Gasteiger partial charge is 0.272 e. The molecule has 1 aromatic carbocycles. The normalized spacial score (nSPS) is 17.7. The van der Waals surface area contributed by atoms with E-state index in [2.05, 4.69) is 10.6 Å². The van der Waals surface area contributed by atoms with E-state index in [1.165, 1.54) is 6.07 Å². The number of amides is 1. The summed E-state index contributed by atoms with van der Waals surface area (Å²) in [6.07, 6.45) is 1.90. The highest BCUT2D eigenvalue weighted by Crippen LogP contribution is 2.21. The van der Waals surface area contributed by atoms with Gasteiger partial charge in [0, 0.05) is 24.7 Å². The van der Waals surface area contributed by atoms with Crippen LogP contribution in [0.3, 0.4) is 0 Å². The molecule has 7 heteroatoms. The molecule has 1 heterocycles. The Balaban J connectivity index is 0.00000220. The SMILES string of the molecule is Cc1c(CNC(=O)[C@@H]2CCCNC2)cccc1[N+](=O)[O-].Cl. The van der Waals surface area contributed by atoms with Gasteiger partial charge in [-0.2, -0.15) is 0 Å². The van der Waals surface area contributed by atoms with Crippen LogP contribution in [0.25, 0.3) is 0 Å². The maximum absolute atomic E-state index is 12.0. The third-order valence-electron chi connectivity index (χ3n) is 3.73. The minimum Gasteiger partial charge on any atom is -0.352 e. The van der Waals surface area contributed by atoms with E-state index >= 15 is 0 Å². The molecule has 1 aliphatic rings. The third-order valence-corrected chi connectivity index (χ3v) is 3.73. The van der Waals surface area contributed by atoms with Crippen LogP contribution >= 0.6 is 12.4 Å². The van der Waals surface area contributed by atoms with E-state index in [4.69, 9.17) is 0 Å². The quantitative estimate of drug-likeness (QED) is 0.657. The average molecular weight is 314 g/mol. The Morgan fingerprint density at radius 3 is 2.90 bits per heavy atom. The van der Waals surface area contributed by atoms with Crippen LogP contribution in [-0.4, -0.2) is 23.9 Å². The van der Waals surface area contributed by atoms with Crippen molar-refractivity contribution in [3.63, 3.8) is 0 Å². The van der Waals surface area contributed by atoms with Crippen molar-refractivity contribution in [2.45, 2.75) is 26.3 Å². The molecule has 0 unspecified atom stereocenters. The number of carbonyl (C=O) groups excluding carboxylic acids is 1. The number of rotatable bonds is 4. The standard InChI is InChI=1S/C14H19N3O3.ClH/c1-10-11(4-2-6-13(10)17(19)20)9-16-14(18)12-5-3-7-15-8-12;/h2,4,6,12,15H,3,5,7-9H2,1H3,(H,16,18);1H/t12-;/m1./s1. The van der Waals surface area contributed by atoms with Crippen LogP contribution in [-0.2, 0) is 11.3 Å². The van der Waals surface area contributed by atoms with Gasteiger partial charge in [-0.25, -0.2) is 0 Å². The van der Waals surface area contributed by atoms with Crippen LogP contribution in [0.4, 0.5) is 5.69 Å². The van der Waals surface area contributed by atoms with Crippen molar-refractivity contribution < 1.29 is 9.72 Å². The molecule has 2 rings (SSSR count). The van der Waals surface area contributed by atoms with Crippen molar-refractivity contribution in [2.24, 2.45) is 5.92 Å². The zero-order chi connectivity index (χ0) is 14.5. The molecule has 1 atom stereocenters. The Bertz CT molecular complexity index is 516. The average Bonchev–Trinajstić information content (AvgIpc) is 2.46. The van der Waals surface area contributed by atoms with Gasteiger partial charge in [-0.1, -0.05) is 12.1 Å². The van der Waals surface area contributed by atoms with E-state index < -0.39 is 4.92 Å². The topological polar surface area (TPSA) is 84.3 Å². The zero-order valence-corrected chi connectivity index (χ0v) is 12.7. The maximum atomic E-state index is 12.0. The molecule has 1 aromatic rings. The molecule has 1 aliphatic heterocycles. The van der Waals surface area contributed by atoms with Crippen molar-refractivity contribution in [1.82, 2.24) is 10.6 Å². The molecule has 21 heavy (non-hydrogen) atoms.